The summed E-state index contributed by atoms with van der Waals surface area (Å²) >= 11 is 11.9. The molecule has 0 radical (unpaired) electrons. The van der Waals surface area contributed by atoms with Crippen LogP contribution in [0.15, 0.2) is 30.3 Å². The van der Waals surface area contributed by atoms with Gasteiger partial charge in [0.25, 0.3) is 5.91 Å². The molecule has 2 fully saturated rings. The van der Waals surface area contributed by atoms with Crippen molar-refractivity contribution in [1.82, 2.24) is 9.80 Å². The zero-order valence-corrected chi connectivity index (χ0v) is 15.7. The standard InChI is InChI=1S/C18H22Cl2N2O3/c1-17(13-18(17,19)20)16(24)25-12-15(23)22-9-7-21(8-10-22)11-14-5-3-2-4-6-14/h2-6H,7-13H2,1H3. The van der Waals surface area contributed by atoms with Crippen LogP contribution in [0.25, 0.3) is 0 Å². The molecule has 1 atom stereocenters. The van der Waals surface area contributed by atoms with E-state index in [4.69, 9.17) is 27.9 Å². The van der Waals surface area contributed by atoms with Gasteiger partial charge in [-0.1, -0.05) is 30.3 Å². The van der Waals surface area contributed by atoms with Crippen LogP contribution in [-0.4, -0.2) is 58.8 Å². The molecule has 1 aliphatic carbocycles. The summed E-state index contributed by atoms with van der Waals surface area (Å²) < 4.78 is 4.06. The second-order valence-electron chi connectivity index (χ2n) is 6.93. The van der Waals surface area contributed by atoms with E-state index in [1.165, 1.54) is 5.56 Å². The highest BCUT2D eigenvalue weighted by Crippen LogP contribution is 2.64. The van der Waals surface area contributed by atoms with Crippen LogP contribution in [0.5, 0.6) is 0 Å². The van der Waals surface area contributed by atoms with Crippen LogP contribution in [-0.2, 0) is 20.9 Å². The molecular weight excluding hydrogens is 363 g/mol. The number of carbonyl (C=O) groups is 2. The van der Waals surface area contributed by atoms with Gasteiger partial charge in [0.2, 0.25) is 0 Å². The number of hydrogen-bond acceptors (Lipinski definition) is 4. The smallest absolute Gasteiger partial charge is 0.315 e. The molecule has 5 nitrogen and oxygen atoms in total. The van der Waals surface area contributed by atoms with Gasteiger partial charge in [0, 0.05) is 39.1 Å². The van der Waals surface area contributed by atoms with E-state index in [1.807, 2.05) is 18.2 Å². The zero-order valence-electron chi connectivity index (χ0n) is 14.2. The molecule has 7 heteroatoms. The van der Waals surface area contributed by atoms with Gasteiger partial charge >= 0.3 is 5.97 Å². The minimum atomic E-state index is -1.07. The molecule has 1 unspecified atom stereocenters. The van der Waals surface area contributed by atoms with E-state index in [0.29, 0.717) is 19.5 Å². The maximum Gasteiger partial charge on any atom is 0.315 e. The highest BCUT2D eigenvalue weighted by molar-refractivity contribution is 6.53. The second kappa shape index (κ2) is 7.14. The quantitative estimate of drug-likeness (QED) is 0.577. The van der Waals surface area contributed by atoms with Crippen molar-refractivity contribution in [1.29, 1.82) is 0 Å². The van der Waals surface area contributed by atoms with Crippen molar-refractivity contribution in [3.8, 4) is 0 Å². The van der Waals surface area contributed by atoms with Gasteiger partial charge in [0.1, 0.15) is 9.75 Å². The summed E-state index contributed by atoms with van der Waals surface area (Å²) in [4.78, 5) is 28.3. The van der Waals surface area contributed by atoms with Gasteiger partial charge in [-0.2, -0.15) is 0 Å². The van der Waals surface area contributed by atoms with Crippen LogP contribution in [0.1, 0.15) is 18.9 Å². The molecule has 1 saturated carbocycles. The van der Waals surface area contributed by atoms with E-state index in [1.54, 1.807) is 11.8 Å². The predicted octanol–water partition coefficient (Wildman–Crippen LogP) is 2.46. The maximum atomic E-state index is 12.2. The average Bonchev–Trinajstić information content (AvgIpc) is 3.13. The molecule has 2 aliphatic rings. The molecule has 3 rings (SSSR count). The van der Waals surface area contributed by atoms with Gasteiger partial charge in [-0.15, -0.1) is 23.2 Å². The van der Waals surface area contributed by atoms with Crippen LogP contribution < -0.4 is 0 Å². The number of hydrogen-bond donors (Lipinski definition) is 0. The fourth-order valence-corrected chi connectivity index (χ4v) is 3.69. The number of piperazine rings is 1. The Morgan fingerprint density at radius 2 is 1.72 bits per heavy atom. The van der Waals surface area contributed by atoms with Gasteiger partial charge < -0.3 is 9.64 Å². The lowest BCUT2D eigenvalue weighted by molar-refractivity contribution is -0.156. The molecule has 1 aromatic rings. The number of rotatable bonds is 5. The average molecular weight is 385 g/mol. The van der Waals surface area contributed by atoms with Crippen LogP contribution in [0.4, 0.5) is 0 Å². The molecule has 1 heterocycles. The number of halogens is 2. The van der Waals surface area contributed by atoms with Crippen molar-refractivity contribution < 1.29 is 14.3 Å². The van der Waals surface area contributed by atoms with E-state index >= 15 is 0 Å². The van der Waals surface area contributed by atoms with Crippen molar-refractivity contribution >= 4 is 35.1 Å². The monoisotopic (exact) mass is 384 g/mol. The van der Waals surface area contributed by atoms with Crippen LogP contribution >= 0.6 is 23.2 Å². The van der Waals surface area contributed by atoms with E-state index < -0.39 is 15.7 Å². The topological polar surface area (TPSA) is 49.9 Å². The number of nitrogens with zero attached hydrogens (tertiary/aromatic N) is 2. The van der Waals surface area contributed by atoms with Gasteiger partial charge in [0.05, 0.1) is 0 Å². The molecular formula is C18H22Cl2N2O3. The summed E-state index contributed by atoms with van der Waals surface area (Å²) in [5, 5.41) is 0. The Balaban J connectivity index is 1.41. The third-order valence-electron chi connectivity index (χ3n) is 5.01. The number of esters is 1. The molecule has 0 N–H and O–H groups in total. The van der Waals surface area contributed by atoms with E-state index in [2.05, 4.69) is 17.0 Å². The first-order valence-corrected chi connectivity index (χ1v) is 9.16. The third-order valence-corrected chi connectivity index (χ3v) is 6.11. The van der Waals surface area contributed by atoms with Crippen molar-refractivity contribution in [2.24, 2.45) is 5.41 Å². The van der Waals surface area contributed by atoms with Crippen LogP contribution in [0.3, 0.4) is 0 Å². The zero-order chi connectivity index (χ0) is 18.1. The SMILES string of the molecule is CC1(C(=O)OCC(=O)N2CCN(Cc3ccccc3)CC2)CC1(Cl)Cl. The summed E-state index contributed by atoms with van der Waals surface area (Å²) in [6.07, 6.45) is 0.355. The summed E-state index contributed by atoms with van der Waals surface area (Å²) in [5.41, 5.74) is 0.365. The van der Waals surface area contributed by atoms with Crippen LogP contribution in [0.2, 0.25) is 0 Å². The van der Waals surface area contributed by atoms with Crippen molar-refractivity contribution in [2.75, 3.05) is 32.8 Å². The van der Waals surface area contributed by atoms with Crippen LogP contribution in [0, 0.1) is 5.41 Å². The van der Waals surface area contributed by atoms with Crippen molar-refractivity contribution in [3.63, 3.8) is 0 Å². The Bertz CT molecular complexity index is 645. The van der Waals surface area contributed by atoms with E-state index in [-0.39, 0.29) is 12.5 Å². The lowest BCUT2D eigenvalue weighted by atomic mass is 10.1. The summed E-state index contributed by atoms with van der Waals surface area (Å²) in [5.74, 6) is -0.680. The minimum absolute atomic E-state index is 0.174. The summed E-state index contributed by atoms with van der Waals surface area (Å²) in [7, 11) is 0. The number of alkyl halides is 2. The largest absolute Gasteiger partial charge is 0.455 e. The predicted molar refractivity (Wildman–Crippen MR) is 96.4 cm³/mol. The molecule has 1 aromatic carbocycles. The molecule has 136 valence electrons. The van der Waals surface area contributed by atoms with E-state index in [9.17, 15) is 9.59 Å². The van der Waals surface area contributed by atoms with E-state index in [0.717, 1.165) is 19.6 Å². The van der Waals surface area contributed by atoms with Gasteiger partial charge in [-0.05, 0) is 12.5 Å². The fourth-order valence-electron chi connectivity index (χ4n) is 3.00. The first-order valence-electron chi connectivity index (χ1n) is 8.41. The Labute approximate surface area is 157 Å². The Kier molecular flexibility index (Phi) is 5.28. The highest BCUT2D eigenvalue weighted by atomic mass is 35.5. The first-order chi connectivity index (χ1) is 11.8. The molecule has 0 aromatic heterocycles. The summed E-state index contributed by atoms with van der Waals surface area (Å²) in [6, 6.07) is 10.3. The van der Waals surface area contributed by atoms with Crippen molar-refractivity contribution in [3.05, 3.63) is 35.9 Å². The fraction of sp³-hybridized carbons (Fsp3) is 0.556. The summed E-state index contributed by atoms with van der Waals surface area (Å²) in [6.45, 7) is 5.16. The second-order valence-corrected chi connectivity index (χ2v) is 8.42. The first kappa shape index (κ1) is 18.5. The normalized spacial score (nSPS) is 25.5. The Morgan fingerprint density at radius 1 is 1.12 bits per heavy atom. The Hall–Kier alpha value is -1.30. The molecule has 0 bridgehead atoms. The molecule has 0 spiro atoms. The maximum absolute atomic E-state index is 12.2. The number of benzene rings is 1. The molecule has 1 amide bonds. The minimum Gasteiger partial charge on any atom is -0.455 e. The molecule has 25 heavy (non-hydrogen) atoms. The number of carbonyl (C=O) groups excluding carboxylic acids is 2. The number of ether oxygens (including phenoxy) is 1. The molecule has 1 aliphatic heterocycles. The third kappa shape index (κ3) is 4.10. The Morgan fingerprint density at radius 3 is 2.28 bits per heavy atom. The number of amides is 1. The van der Waals surface area contributed by atoms with Gasteiger partial charge in [-0.3, -0.25) is 14.5 Å². The highest BCUT2D eigenvalue weighted by Gasteiger charge is 2.69. The van der Waals surface area contributed by atoms with Gasteiger partial charge in [0.15, 0.2) is 6.61 Å². The van der Waals surface area contributed by atoms with Crippen molar-refractivity contribution in [2.45, 2.75) is 24.2 Å². The molecule has 1 saturated heterocycles. The lowest BCUT2D eigenvalue weighted by Gasteiger charge is -2.34. The lowest BCUT2D eigenvalue weighted by Crippen LogP contribution is -2.49. The van der Waals surface area contributed by atoms with Gasteiger partial charge in [-0.25, -0.2) is 0 Å².